The van der Waals surface area contributed by atoms with E-state index < -0.39 is 12.1 Å². The smallest absolute Gasteiger partial charge is 0.415 e. The zero-order valence-corrected chi connectivity index (χ0v) is 33.0. The van der Waals surface area contributed by atoms with E-state index in [2.05, 4.69) is 29.2 Å². The van der Waals surface area contributed by atoms with Crippen molar-refractivity contribution >= 4 is 29.6 Å². The maximum atomic E-state index is 15.4. The van der Waals surface area contributed by atoms with E-state index in [-0.39, 0.29) is 35.7 Å². The SMILES string of the molecule is Cc1c(C(=O)N(C)c2ccccc2)cc(-c2cc3c(cc2C(=O)N2Cc4ccccc4C[C@H]2CN2CCOCC2)CN(C(=O)Oc2cccc(C(=O)O)c2)CC3)n1C. The summed E-state index contributed by atoms with van der Waals surface area (Å²) in [5, 5.41) is 9.44. The van der Waals surface area contributed by atoms with Crippen molar-refractivity contribution < 1.29 is 33.8 Å². The Kier molecular flexibility index (Phi) is 10.9. The summed E-state index contributed by atoms with van der Waals surface area (Å²) in [5.41, 5.74) is 8.23. The maximum absolute atomic E-state index is 15.4. The number of carboxylic acid groups (broad SMARTS) is 1. The highest BCUT2D eigenvalue weighted by Gasteiger charge is 2.35. The molecule has 8 rings (SSSR count). The number of amides is 3. The Labute approximate surface area is 337 Å². The monoisotopic (exact) mass is 781 g/mol. The number of carbonyl (C=O) groups excluding carboxylic acids is 3. The number of hydrogen-bond donors (Lipinski definition) is 1. The van der Waals surface area contributed by atoms with Gasteiger partial charge in [-0.25, -0.2) is 9.59 Å². The lowest BCUT2D eigenvalue weighted by molar-refractivity contribution is 0.0193. The van der Waals surface area contributed by atoms with Crippen molar-refractivity contribution in [2.75, 3.05) is 51.3 Å². The fraction of sp³-hybridized carbons (Fsp3) is 0.304. The first-order valence-electron chi connectivity index (χ1n) is 19.7. The normalized spacial score (nSPS) is 16.6. The summed E-state index contributed by atoms with van der Waals surface area (Å²) < 4.78 is 13.3. The predicted molar refractivity (Wildman–Crippen MR) is 219 cm³/mol. The summed E-state index contributed by atoms with van der Waals surface area (Å²) in [6.45, 7) is 6.55. The average molecular weight is 782 g/mol. The minimum atomic E-state index is -1.12. The van der Waals surface area contributed by atoms with Crippen LogP contribution >= 0.6 is 0 Å². The molecule has 4 heterocycles. The van der Waals surface area contributed by atoms with Gasteiger partial charge in [0.15, 0.2) is 0 Å². The van der Waals surface area contributed by atoms with Crippen molar-refractivity contribution in [3.05, 3.63) is 142 Å². The first-order valence-corrected chi connectivity index (χ1v) is 19.7. The van der Waals surface area contributed by atoms with Gasteiger partial charge in [0.25, 0.3) is 11.8 Å². The minimum Gasteiger partial charge on any atom is -0.478 e. The van der Waals surface area contributed by atoms with Crippen molar-refractivity contribution in [1.29, 1.82) is 0 Å². The second-order valence-corrected chi connectivity index (χ2v) is 15.3. The Morgan fingerprint density at radius 2 is 1.55 bits per heavy atom. The highest BCUT2D eigenvalue weighted by atomic mass is 16.6. The summed E-state index contributed by atoms with van der Waals surface area (Å²) in [6, 6.07) is 29.4. The number of nitrogens with zero attached hydrogens (tertiary/aromatic N) is 5. The number of fused-ring (bicyclic) bond motifs is 2. The summed E-state index contributed by atoms with van der Waals surface area (Å²) in [7, 11) is 3.69. The van der Waals surface area contributed by atoms with Gasteiger partial charge in [-0.3, -0.25) is 14.5 Å². The number of anilines is 1. The number of aromatic nitrogens is 1. The summed E-state index contributed by atoms with van der Waals surface area (Å²) in [6.07, 6.45) is 0.617. The fourth-order valence-corrected chi connectivity index (χ4v) is 8.36. The molecule has 3 aliphatic heterocycles. The summed E-state index contributed by atoms with van der Waals surface area (Å²) >= 11 is 0. The largest absolute Gasteiger partial charge is 0.478 e. The van der Waals surface area contributed by atoms with E-state index in [1.54, 1.807) is 22.9 Å². The van der Waals surface area contributed by atoms with Crippen LogP contribution in [0.25, 0.3) is 11.3 Å². The maximum Gasteiger partial charge on any atom is 0.415 e. The van der Waals surface area contributed by atoms with Crippen LogP contribution in [0.5, 0.6) is 5.75 Å². The van der Waals surface area contributed by atoms with Crippen molar-refractivity contribution in [1.82, 2.24) is 19.3 Å². The number of rotatable bonds is 8. The number of carboxylic acids is 1. The number of benzene rings is 4. The molecule has 1 fully saturated rings. The number of hydrogen-bond acceptors (Lipinski definition) is 7. The second kappa shape index (κ2) is 16.3. The first kappa shape index (κ1) is 38.6. The molecule has 0 radical (unpaired) electrons. The molecular weight excluding hydrogens is 735 g/mol. The molecule has 12 nitrogen and oxygen atoms in total. The Morgan fingerprint density at radius 1 is 0.810 bits per heavy atom. The lowest BCUT2D eigenvalue weighted by Gasteiger charge is -2.41. The Morgan fingerprint density at radius 3 is 2.31 bits per heavy atom. The van der Waals surface area contributed by atoms with Crippen molar-refractivity contribution in [2.24, 2.45) is 7.05 Å². The molecular formula is C46H47N5O7. The quantitative estimate of drug-likeness (QED) is 0.191. The van der Waals surface area contributed by atoms with E-state index in [1.807, 2.05) is 72.0 Å². The highest BCUT2D eigenvalue weighted by Crippen LogP contribution is 2.36. The van der Waals surface area contributed by atoms with E-state index in [0.717, 1.165) is 58.8 Å². The molecule has 3 amide bonds. The molecule has 0 aliphatic carbocycles. The Bertz CT molecular complexity index is 2390. The summed E-state index contributed by atoms with van der Waals surface area (Å²) in [5.74, 6) is -1.25. The fourth-order valence-electron chi connectivity index (χ4n) is 8.36. The van der Waals surface area contributed by atoms with E-state index in [0.29, 0.717) is 50.4 Å². The lowest BCUT2D eigenvalue weighted by atomic mass is 9.89. The molecule has 58 heavy (non-hydrogen) atoms. The number of morpholine rings is 1. The molecule has 0 unspecified atom stereocenters. The topological polar surface area (TPSA) is 125 Å². The third-order valence-electron chi connectivity index (χ3n) is 11.8. The third-order valence-corrected chi connectivity index (χ3v) is 11.8. The molecule has 0 saturated carbocycles. The molecule has 0 bridgehead atoms. The van der Waals surface area contributed by atoms with Crippen LogP contribution in [0.2, 0.25) is 0 Å². The highest BCUT2D eigenvalue weighted by molar-refractivity contribution is 6.08. The van der Waals surface area contributed by atoms with E-state index in [9.17, 15) is 19.5 Å². The number of ether oxygens (including phenoxy) is 2. The van der Waals surface area contributed by atoms with Crippen LogP contribution in [0.4, 0.5) is 10.5 Å². The van der Waals surface area contributed by atoms with Gasteiger partial charge < -0.3 is 33.8 Å². The van der Waals surface area contributed by atoms with Crippen LogP contribution in [0.3, 0.4) is 0 Å². The van der Waals surface area contributed by atoms with Crippen LogP contribution in [-0.2, 0) is 37.7 Å². The second-order valence-electron chi connectivity index (χ2n) is 15.3. The predicted octanol–water partition coefficient (Wildman–Crippen LogP) is 6.43. The van der Waals surface area contributed by atoms with Gasteiger partial charge in [0.05, 0.1) is 24.3 Å². The van der Waals surface area contributed by atoms with Crippen LogP contribution in [-0.4, -0.2) is 101 Å². The van der Waals surface area contributed by atoms with Crippen LogP contribution in [0, 0.1) is 6.92 Å². The lowest BCUT2D eigenvalue weighted by Crippen LogP contribution is -2.52. The molecule has 1 saturated heterocycles. The van der Waals surface area contributed by atoms with Crippen molar-refractivity contribution in [2.45, 2.75) is 38.9 Å². The van der Waals surface area contributed by atoms with E-state index in [4.69, 9.17) is 9.47 Å². The zero-order chi connectivity index (χ0) is 40.5. The number of para-hydroxylation sites is 1. The molecule has 4 aromatic carbocycles. The van der Waals surface area contributed by atoms with Gasteiger partial charge in [0.2, 0.25) is 0 Å². The molecule has 298 valence electrons. The van der Waals surface area contributed by atoms with Crippen LogP contribution in [0.15, 0.2) is 97.1 Å². The molecule has 1 N–H and O–H groups in total. The average Bonchev–Trinajstić information content (AvgIpc) is 3.55. The summed E-state index contributed by atoms with van der Waals surface area (Å²) in [4.78, 5) is 62.0. The first-order chi connectivity index (χ1) is 28.0. The van der Waals surface area contributed by atoms with Gasteiger partial charge in [-0.1, -0.05) is 48.5 Å². The molecule has 1 aromatic heterocycles. The Balaban J connectivity index is 1.18. The van der Waals surface area contributed by atoms with E-state index in [1.165, 1.54) is 23.8 Å². The Hall–Kier alpha value is -6.24. The molecule has 0 spiro atoms. The standard InChI is InChI=1S/C46H47N5O7/c1-30-39(43(52)48(3)36-13-5-4-6-14-36)26-42(47(30)2)40-24-32-16-17-50(46(56)58-38-15-9-12-33(23-38)45(54)55)27-35(32)25-41(40)44(53)51-28-34-11-8-7-10-31(34)22-37(51)29-49-18-20-57-21-19-49/h4-15,23-26,37H,16-22,27-29H2,1-3H3,(H,54,55)/t37-/m0/s1. The minimum absolute atomic E-state index is 0.0183. The van der Waals surface area contributed by atoms with Gasteiger partial charge in [0.1, 0.15) is 5.75 Å². The molecule has 5 aromatic rings. The molecule has 1 atom stereocenters. The number of aromatic carboxylic acids is 1. The van der Waals surface area contributed by atoms with Crippen LogP contribution in [0.1, 0.15) is 59.0 Å². The van der Waals surface area contributed by atoms with Crippen LogP contribution < -0.4 is 9.64 Å². The van der Waals surface area contributed by atoms with Crippen molar-refractivity contribution in [3.8, 4) is 17.0 Å². The van der Waals surface area contributed by atoms with Gasteiger partial charge in [-0.05, 0) is 90.6 Å². The zero-order valence-electron chi connectivity index (χ0n) is 33.0. The van der Waals surface area contributed by atoms with E-state index >= 15 is 4.79 Å². The van der Waals surface area contributed by atoms with Crippen molar-refractivity contribution in [3.63, 3.8) is 0 Å². The van der Waals surface area contributed by atoms with Gasteiger partial charge >= 0.3 is 12.1 Å². The van der Waals surface area contributed by atoms with Gasteiger partial charge in [-0.2, -0.15) is 0 Å². The van der Waals surface area contributed by atoms with Gasteiger partial charge in [0, 0.05) is 87.6 Å². The molecule has 3 aliphatic rings. The third kappa shape index (κ3) is 7.72. The molecule has 12 heteroatoms. The number of carbonyl (C=O) groups is 4. The van der Waals surface area contributed by atoms with Gasteiger partial charge in [-0.15, -0.1) is 0 Å².